The molecule has 0 aromatic rings. The molecule has 0 N–H and O–H groups in total. The summed E-state index contributed by atoms with van der Waals surface area (Å²) >= 11 is 0. The first-order chi connectivity index (χ1) is 39.0. The van der Waals surface area contributed by atoms with E-state index in [9.17, 15) is 14.4 Å². The molecule has 0 aromatic heterocycles. The molecular weight excluding hydrogens is 973 g/mol. The van der Waals surface area contributed by atoms with Crippen molar-refractivity contribution in [2.24, 2.45) is 0 Å². The van der Waals surface area contributed by atoms with Gasteiger partial charge in [-0.1, -0.05) is 261 Å². The summed E-state index contributed by atoms with van der Waals surface area (Å²) in [5.41, 5.74) is 0. The van der Waals surface area contributed by atoms with E-state index in [1.165, 1.54) is 57.8 Å². The maximum atomic E-state index is 12.9. The summed E-state index contributed by atoms with van der Waals surface area (Å²) in [7, 11) is 0. The third kappa shape index (κ3) is 63.2. The molecule has 0 aliphatic carbocycles. The molecule has 1 atom stereocenters. The van der Waals surface area contributed by atoms with E-state index in [0.29, 0.717) is 19.3 Å². The average Bonchev–Trinajstić information content (AvgIpc) is 3.45. The second kappa shape index (κ2) is 65.0. The number of carbonyl (C=O) groups is 3. The molecule has 0 saturated carbocycles. The second-order valence-electron chi connectivity index (χ2n) is 19.8. The second-order valence-corrected chi connectivity index (χ2v) is 19.8. The quantitative estimate of drug-likeness (QED) is 0.0261. The number of hydrogen-bond donors (Lipinski definition) is 0. The first kappa shape index (κ1) is 73.5. The van der Waals surface area contributed by atoms with Gasteiger partial charge in [0.05, 0.1) is 0 Å². The average molecular weight is 1090 g/mol. The van der Waals surface area contributed by atoms with Gasteiger partial charge in [-0.25, -0.2) is 0 Å². The Labute approximate surface area is 484 Å². The lowest BCUT2D eigenvalue weighted by Gasteiger charge is -2.18. The van der Waals surface area contributed by atoms with Crippen molar-refractivity contribution in [1.82, 2.24) is 0 Å². The number of ether oxygens (including phenoxy) is 3. The normalized spacial score (nSPS) is 13.4. The topological polar surface area (TPSA) is 78.9 Å². The van der Waals surface area contributed by atoms with Crippen LogP contribution < -0.4 is 0 Å². The highest BCUT2D eigenvalue weighted by Gasteiger charge is 2.19. The zero-order chi connectivity index (χ0) is 57.1. The van der Waals surface area contributed by atoms with Gasteiger partial charge in [-0.3, -0.25) is 14.4 Å². The molecule has 0 fully saturated rings. The van der Waals surface area contributed by atoms with Gasteiger partial charge in [0.25, 0.3) is 0 Å². The van der Waals surface area contributed by atoms with E-state index >= 15 is 0 Å². The fourth-order valence-corrected chi connectivity index (χ4v) is 7.84. The Morgan fingerprint density at radius 2 is 0.481 bits per heavy atom. The SMILES string of the molecule is CC/C=C\C/C=C\C/C=C\C/C=C\C/C=C\C/C=C\CCCCC(=O)OC(COC(=O)CC/C=C\C/C=C\C/C=C\C/C=C\CC)COC(=O)CCCCCCCCCCCCC/C=C\C/C=C\C/C=C\C/C=C\C/C=C\CC. The molecule has 1 unspecified atom stereocenters. The molecule has 0 saturated heterocycles. The van der Waals surface area contributed by atoms with Crippen LogP contribution in [0.5, 0.6) is 0 Å². The fourth-order valence-electron chi connectivity index (χ4n) is 7.84. The molecule has 0 aliphatic rings. The predicted octanol–water partition coefficient (Wildman–Crippen LogP) is 21.7. The lowest BCUT2D eigenvalue weighted by atomic mass is 10.0. The molecule has 0 amide bonds. The lowest BCUT2D eigenvalue weighted by Crippen LogP contribution is -2.30. The zero-order valence-electron chi connectivity index (χ0n) is 50.3. The Morgan fingerprint density at radius 3 is 0.810 bits per heavy atom. The molecule has 0 rings (SSSR count). The van der Waals surface area contributed by atoms with Gasteiger partial charge in [0.15, 0.2) is 6.10 Å². The molecule has 6 nitrogen and oxygen atoms in total. The van der Waals surface area contributed by atoms with E-state index in [1.807, 2.05) is 12.2 Å². The number of rotatable bonds is 54. The van der Waals surface area contributed by atoms with Crippen LogP contribution in [0.4, 0.5) is 0 Å². The van der Waals surface area contributed by atoms with Crippen molar-refractivity contribution in [3.05, 3.63) is 182 Å². The largest absolute Gasteiger partial charge is 0.462 e. The van der Waals surface area contributed by atoms with Crippen molar-refractivity contribution in [3.8, 4) is 0 Å². The van der Waals surface area contributed by atoms with Gasteiger partial charge >= 0.3 is 17.9 Å². The Morgan fingerprint density at radius 1 is 0.253 bits per heavy atom. The number of carbonyl (C=O) groups excluding carboxylic acids is 3. The third-order valence-electron chi connectivity index (χ3n) is 12.4. The molecule has 0 radical (unpaired) electrons. The summed E-state index contributed by atoms with van der Waals surface area (Å²) in [5, 5.41) is 0. The van der Waals surface area contributed by atoms with Crippen molar-refractivity contribution >= 4 is 17.9 Å². The summed E-state index contributed by atoms with van der Waals surface area (Å²) in [6, 6.07) is 0. The van der Waals surface area contributed by atoms with E-state index in [2.05, 4.69) is 191 Å². The van der Waals surface area contributed by atoms with Crippen molar-refractivity contribution in [1.29, 1.82) is 0 Å². The van der Waals surface area contributed by atoms with Crippen LogP contribution in [-0.4, -0.2) is 37.2 Å². The van der Waals surface area contributed by atoms with Gasteiger partial charge < -0.3 is 14.2 Å². The van der Waals surface area contributed by atoms with E-state index in [-0.39, 0.29) is 44.0 Å². The Hall–Kier alpha value is -5.49. The molecule has 0 heterocycles. The molecule has 0 aromatic carbocycles. The minimum atomic E-state index is -0.843. The van der Waals surface area contributed by atoms with Crippen molar-refractivity contribution in [3.63, 3.8) is 0 Å². The molecule has 79 heavy (non-hydrogen) atoms. The van der Waals surface area contributed by atoms with Crippen LogP contribution in [0.2, 0.25) is 0 Å². The van der Waals surface area contributed by atoms with Gasteiger partial charge in [0, 0.05) is 19.3 Å². The van der Waals surface area contributed by atoms with E-state index < -0.39 is 6.10 Å². The van der Waals surface area contributed by atoms with Crippen molar-refractivity contribution < 1.29 is 28.6 Å². The maximum Gasteiger partial charge on any atom is 0.306 e. The highest BCUT2D eigenvalue weighted by molar-refractivity contribution is 5.71. The highest BCUT2D eigenvalue weighted by Crippen LogP contribution is 2.14. The minimum absolute atomic E-state index is 0.128. The summed E-state index contributed by atoms with van der Waals surface area (Å²) in [5.74, 6) is -1.07. The van der Waals surface area contributed by atoms with Gasteiger partial charge in [0.2, 0.25) is 0 Å². The Balaban J connectivity index is 4.47. The van der Waals surface area contributed by atoms with Crippen LogP contribution in [0.15, 0.2) is 182 Å². The van der Waals surface area contributed by atoms with Gasteiger partial charge in [0.1, 0.15) is 13.2 Å². The standard InChI is InChI=1S/C73H112O6/c1-4-7-10-13-16-19-22-25-27-29-31-33-34-35-36-37-38-40-41-43-45-48-51-54-57-60-63-66-72(75)78-69-70(68-77-71(74)65-62-59-56-53-50-47-24-21-18-15-12-9-6-3)79-73(76)67-64-61-58-55-52-49-46-44-42-39-32-30-28-26-23-20-17-14-11-8-5-2/h7-12,16-21,25-28,31-33,35-36,39,44,46-47,50,52,55-56,59,70H,4-6,13-15,22-24,29-30,34,37-38,40-43,45,48-49,51,53-54,57-58,60-69H2,1-3H3/b10-7-,11-8-,12-9-,19-16-,20-17-,21-18-,27-25-,28-26-,33-31-,36-35-,39-32-,46-44-,50-47-,55-52-,59-56-. The predicted molar refractivity (Wildman–Crippen MR) is 343 cm³/mol. The summed E-state index contributed by atoms with van der Waals surface area (Å²) in [4.78, 5) is 38.2. The number of allylic oxidation sites excluding steroid dienone is 30. The van der Waals surface area contributed by atoms with Crippen LogP contribution in [0, 0.1) is 0 Å². The summed E-state index contributed by atoms with van der Waals surface area (Å²) < 4.78 is 16.8. The third-order valence-corrected chi connectivity index (χ3v) is 12.4. The van der Waals surface area contributed by atoms with Crippen LogP contribution in [0.3, 0.4) is 0 Å². The highest BCUT2D eigenvalue weighted by atomic mass is 16.6. The van der Waals surface area contributed by atoms with Crippen molar-refractivity contribution in [2.45, 2.75) is 245 Å². The molecule has 440 valence electrons. The first-order valence-corrected chi connectivity index (χ1v) is 31.3. The van der Waals surface area contributed by atoms with Gasteiger partial charge in [-0.2, -0.15) is 0 Å². The van der Waals surface area contributed by atoms with Gasteiger partial charge in [-0.15, -0.1) is 0 Å². The molecule has 0 aliphatic heterocycles. The lowest BCUT2D eigenvalue weighted by molar-refractivity contribution is -0.166. The fraction of sp³-hybridized carbons (Fsp3) is 0.548. The molecular formula is C73H112O6. The monoisotopic (exact) mass is 1080 g/mol. The number of hydrogen-bond acceptors (Lipinski definition) is 6. The van der Waals surface area contributed by atoms with Crippen LogP contribution >= 0.6 is 0 Å². The number of unbranched alkanes of at least 4 members (excludes halogenated alkanes) is 13. The molecule has 0 spiro atoms. The van der Waals surface area contributed by atoms with Crippen molar-refractivity contribution in [2.75, 3.05) is 13.2 Å². The van der Waals surface area contributed by atoms with Crippen LogP contribution in [0.1, 0.15) is 239 Å². The Kier molecular flexibility index (Phi) is 60.5. The van der Waals surface area contributed by atoms with E-state index in [4.69, 9.17) is 14.2 Å². The van der Waals surface area contributed by atoms with Crippen LogP contribution in [-0.2, 0) is 28.6 Å². The zero-order valence-corrected chi connectivity index (χ0v) is 50.3. The molecule has 0 bridgehead atoms. The summed E-state index contributed by atoms with van der Waals surface area (Å²) in [6.07, 6.45) is 97.7. The van der Waals surface area contributed by atoms with E-state index in [1.54, 1.807) is 0 Å². The Bertz CT molecular complexity index is 1870. The van der Waals surface area contributed by atoms with Crippen LogP contribution in [0.25, 0.3) is 0 Å². The first-order valence-electron chi connectivity index (χ1n) is 31.3. The minimum Gasteiger partial charge on any atom is -0.462 e. The van der Waals surface area contributed by atoms with E-state index in [0.717, 1.165) is 128 Å². The summed E-state index contributed by atoms with van der Waals surface area (Å²) in [6.45, 7) is 6.18. The number of esters is 3. The smallest absolute Gasteiger partial charge is 0.306 e. The van der Waals surface area contributed by atoms with Gasteiger partial charge in [-0.05, 0) is 141 Å². The molecule has 6 heteroatoms. The maximum absolute atomic E-state index is 12.9.